The van der Waals surface area contributed by atoms with Crippen molar-refractivity contribution >= 4 is 0 Å². The molecule has 1 aromatic rings. The van der Waals surface area contributed by atoms with Crippen molar-refractivity contribution in [2.75, 3.05) is 0 Å². The third-order valence-electron chi connectivity index (χ3n) is 0.936. The summed E-state index contributed by atoms with van der Waals surface area (Å²) in [6.07, 6.45) is -2.09. The molecule has 0 amide bonds. The molecule has 0 fully saturated rings. The molecular formula is C5H4F3LiN2. The van der Waals surface area contributed by atoms with E-state index in [1.807, 2.05) is 0 Å². The van der Waals surface area contributed by atoms with E-state index in [-0.39, 0.29) is 18.9 Å². The van der Waals surface area contributed by atoms with Crippen molar-refractivity contribution in [2.24, 2.45) is 7.05 Å². The van der Waals surface area contributed by atoms with E-state index in [1.54, 1.807) is 0 Å². The van der Waals surface area contributed by atoms with Crippen LogP contribution in [0.1, 0.15) is 5.69 Å². The fourth-order valence-corrected chi connectivity index (χ4v) is 0.512. The Labute approximate surface area is 73.6 Å². The molecule has 0 aromatic carbocycles. The number of rotatable bonds is 0. The van der Waals surface area contributed by atoms with Crippen molar-refractivity contribution in [3.8, 4) is 0 Å². The molecule has 0 radical (unpaired) electrons. The fraction of sp³-hybridized carbons (Fsp3) is 0.400. The van der Waals surface area contributed by atoms with Crippen LogP contribution in [0, 0.1) is 6.20 Å². The molecule has 11 heavy (non-hydrogen) atoms. The molecule has 0 aliphatic heterocycles. The van der Waals surface area contributed by atoms with E-state index >= 15 is 0 Å². The summed E-state index contributed by atoms with van der Waals surface area (Å²) in [4.78, 5) is 0. The van der Waals surface area contributed by atoms with Crippen LogP contribution in [0.3, 0.4) is 0 Å². The van der Waals surface area contributed by atoms with Crippen molar-refractivity contribution in [1.29, 1.82) is 0 Å². The van der Waals surface area contributed by atoms with E-state index in [0.29, 0.717) is 0 Å². The van der Waals surface area contributed by atoms with E-state index in [9.17, 15) is 13.2 Å². The Morgan fingerprint density at radius 3 is 2.27 bits per heavy atom. The van der Waals surface area contributed by atoms with Crippen LogP contribution in [0.15, 0.2) is 6.07 Å². The van der Waals surface area contributed by atoms with Gasteiger partial charge in [-0.15, -0.1) is 6.20 Å². The summed E-state index contributed by atoms with van der Waals surface area (Å²) < 4.78 is 36.1. The van der Waals surface area contributed by atoms with Gasteiger partial charge in [-0.2, -0.15) is 19.2 Å². The maximum atomic E-state index is 11.7. The normalized spacial score (nSPS) is 10.9. The molecule has 2 nitrogen and oxygen atoms in total. The van der Waals surface area contributed by atoms with Gasteiger partial charge < -0.3 is 4.68 Å². The van der Waals surface area contributed by atoms with Crippen LogP contribution in [0.5, 0.6) is 0 Å². The standard InChI is InChI=1S/C5H4F3N2.Li/c1-10-3-2-4(9-10)5(6,7)8;/h2H,1H3;/q-1;+1. The Bertz CT molecular complexity index is 230. The SMILES string of the molecule is Cn1[c-]cc(C(F)(F)F)n1.[Li+]. The molecular weight excluding hydrogens is 152 g/mol. The number of halogens is 3. The van der Waals surface area contributed by atoms with Crippen LogP contribution in [0.25, 0.3) is 0 Å². The molecule has 0 N–H and O–H groups in total. The maximum absolute atomic E-state index is 11.7. The van der Waals surface area contributed by atoms with Gasteiger partial charge in [-0.1, -0.05) is 0 Å². The van der Waals surface area contributed by atoms with Crippen molar-refractivity contribution in [3.63, 3.8) is 0 Å². The van der Waals surface area contributed by atoms with Gasteiger partial charge in [0, 0.05) is 12.7 Å². The minimum atomic E-state index is -4.35. The molecule has 6 heteroatoms. The number of nitrogens with zero attached hydrogens (tertiary/aromatic N) is 2. The number of aromatic nitrogens is 2. The third-order valence-corrected chi connectivity index (χ3v) is 0.936. The zero-order valence-corrected chi connectivity index (χ0v) is 6.11. The molecule has 56 valence electrons. The summed E-state index contributed by atoms with van der Waals surface area (Å²) in [6, 6.07) is 0.806. The second kappa shape index (κ2) is 3.33. The summed E-state index contributed by atoms with van der Waals surface area (Å²) in [6.45, 7) is 0. The smallest absolute Gasteiger partial charge is 0.379 e. The number of aryl methyl sites for hydroxylation is 1. The summed E-state index contributed by atoms with van der Waals surface area (Å²) >= 11 is 0. The largest absolute Gasteiger partial charge is 1.00 e. The fourth-order valence-electron chi connectivity index (χ4n) is 0.512. The average molecular weight is 156 g/mol. The molecule has 0 bridgehead atoms. The van der Waals surface area contributed by atoms with Gasteiger partial charge in [-0.05, 0) is 0 Å². The first-order valence-corrected chi connectivity index (χ1v) is 2.49. The van der Waals surface area contributed by atoms with E-state index in [4.69, 9.17) is 0 Å². The minimum absolute atomic E-state index is 0. The topological polar surface area (TPSA) is 17.8 Å². The number of hydrogen-bond donors (Lipinski definition) is 0. The molecule has 0 saturated carbocycles. The molecule has 0 saturated heterocycles. The Morgan fingerprint density at radius 2 is 2.09 bits per heavy atom. The van der Waals surface area contributed by atoms with Crippen LogP contribution in [-0.4, -0.2) is 9.78 Å². The predicted octanol–water partition coefficient (Wildman–Crippen LogP) is -1.76. The number of alkyl halides is 3. The Balaban J connectivity index is 0.000001000. The van der Waals surface area contributed by atoms with Crippen LogP contribution in [-0.2, 0) is 13.2 Å². The molecule has 0 unspecified atom stereocenters. The zero-order valence-electron chi connectivity index (χ0n) is 6.11. The van der Waals surface area contributed by atoms with Gasteiger partial charge in [0.1, 0.15) is 0 Å². The van der Waals surface area contributed by atoms with Crippen LogP contribution in [0.4, 0.5) is 13.2 Å². The molecule has 0 spiro atoms. The summed E-state index contributed by atoms with van der Waals surface area (Å²) in [5.41, 5.74) is -0.907. The monoisotopic (exact) mass is 156 g/mol. The van der Waals surface area contributed by atoms with Crippen LogP contribution in [0.2, 0.25) is 0 Å². The second-order valence-corrected chi connectivity index (χ2v) is 1.78. The first-order valence-electron chi connectivity index (χ1n) is 2.49. The molecule has 1 heterocycles. The molecule has 0 aliphatic rings. The van der Waals surface area contributed by atoms with Gasteiger partial charge in [-0.25, -0.2) is 0 Å². The van der Waals surface area contributed by atoms with Gasteiger partial charge in [0.25, 0.3) is 0 Å². The average Bonchev–Trinajstić information content (AvgIpc) is 2.11. The first-order chi connectivity index (χ1) is 4.50. The minimum Gasteiger partial charge on any atom is -0.379 e. The molecule has 0 atom stereocenters. The second-order valence-electron chi connectivity index (χ2n) is 1.78. The van der Waals surface area contributed by atoms with E-state index in [0.717, 1.165) is 10.7 Å². The molecule has 0 aliphatic carbocycles. The Morgan fingerprint density at radius 1 is 1.55 bits per heavy atom. The molecule has 1 aromatic heterocycles. The van der Waals surface area contributed by atoms with Crippen LogP contribution >= 0.6 is 0 Å². The molecule has 1 rings (SSSR count). The van der Waals surface area contributed by atoms with Crippen molar-refractivity contribution < 1.29 is 32.0 Å². The first kappa shape index (κ1) is 10.6. The van der Waals surface area contributed by atoms with Gasteiger partial charge in [0.05, 0.1) is 0 Å². The van der Waals surface area contributed by atoms with Gasteiger partial charge in [0.2, 0.25) is 0 Å². The summed E-state index contributed by atoms with van der Waals surface area (Å²) in [7, 11) is 1.38. The number of hydrogen-bond acceptors (Lipinski definition) is 1. The zero-order chi connectivity index (χ0) is 7.78. The summed E-state index contributed by atoms with van der Waals surface area (Å²) in [5, 5.41) is 3.12. The van der Waals surface area contributed by atoms with Gasteiger partial charge in [-0.3, -0.25) is 5.10 Å². The van der Waals surface area contributed by atoms with E-state index < -0.39 is 11.9 Å². The van der Waals surface area contributed by atoms with Crippen LogP contribution < -0.4 is 18.9 Å². The van der Waals surface area contributed by atoms with Crippen molar-refractivity contribution in [1.82, 2.24) is 9.78 Å². The predicted molar refractivity (Wildman–Crippen MR) is 27.0 cm³/mol. The van der Waals surface area contributed by atoms with Gasteiger partial charge in [0.15, 0.2) is 0 Å². The Hall–Kier alpha value is -0.403. The quantitative estimate of drug-likeness (QED) is 0.321. The maximum Gasteiger partial charge on any atom is 1.00 e. The third kappa shape index (κ3) is 2.60. The summed E-state index contributed by atoms with van der Waals surface area (Å²) in [5.74, 6) is 0. The van der Waals surface area contributed by atoms with E-state index in [1.165, 1.54) is 7.05 Å². The van der Waals surface area contributed by atoms with Crippen molar-refractivity contribution in [2.45, 2.75) is 6.18 Å². The Kier molecular flexibility index (Phi) is 3.21. The van der Waals surface area contributed by atoms with Crippen molar-refractivity contribution in [3.05, 3.63) is 18.0 Å². The van der Waals surface area contributed by atoms with Gasteiger partial charge >= 0.3 is 25.0 Å². The van der Waals surface area contributed by atoms with E-state index in [2.05, 4.69) is 11.3 Å².